The molecule has 2 fully saturated rings. The second kappa shape index (κ2) is 36.8. The van der Waals surface area contributed by atoms with Crippen molar-refractivity contribution in [2.24, 2.45) is 11.3 Å². The Bertz CT molecular complexity index is 3770. The molecule has 2 saturated heterocycles. The number of Topliss-reactive ketones (excluding diaryl/α,β-unsaturated/α-hetero) is 1. The van der Waals surface area contributed by atoms with Crippen molar-refractivity contribution in [3.63, 3.8) is 0 Å². The maximum absolute atomic E-state index is 15.3. The molecule has 5 aromatic rings. The van der Waals surface area contributed by atoms with Crippen LogP contribution in [0.1, 0.15) is 155 Å². The highest BCUT2D eigenvalue weighted by Gasteiger charge is 2.44. The van der Waals surface area contributed by atoms with Crippen LogP contribution in [0.2, 0.25) is 0 Å². The van der Waals surface area contributed by atoms with Crippen LogP contribution in [0.3, 0.4) is 0 Å². The number of anilines is 1. The molecule has 5 aromatic carbocycles. The number of nitrogens with one attached hydrogen (secondary N) is 4. The first-order valence-corrected chi connectivity index (χ1v) is 34.8. The van der Waals surface area contributed by atoms with E-state index < -0.39 is 101 Å². The van der Waals surface area contributed by atoms with Crippen molar-refractivity contribution in [3.8, 4) is 11.5 Å². The molecule has 4 N–H and O–H groups in total. The number of nitrogens with zero attached hydrogens (tertiary/aromatic N) is 4. The van der Waals surface area contributed by atoms with Crippen LogP contribution in [-0.4, -0.2) is 163 Å². The molecule has 538 valence electrons. The van der Waals surface area contributed by atoms with Crippen molar-refractivity contribution in [1.82, 2.24) is 35.6 Å². The quantitative estimate of drug-likeness (QED) is 0.0633. The van der Waals surface area contributed by atoms with E-state index in [1.807, 2.05) is 32.0 Å². The van der Waals surface area contributed by atoms with Gasteiger partial charge < -0.3 is 59.8 Å². The molecule has 2 bridgehead atoms. The maximum Gasteiger partial charge on any atom is 0.330 e. The molecule has 0 aromatic heterocycles. The number of cyclic esters (lactones) is 2. The topological polar surface area (TPSA) is 286 Å². The van der Waals surface area contributed by atoms with Crippen LogP contribution in [0, 0.1) is 11.3 Å². The number of ether oxygens (including phenoxy) is 4. The van der Waals surface area contributed by atoms with Gasteiger partial charge in [0.2, 0.25) is 41.2 Å². The summed E-state index contributed by atoms with van der Waals surface area (Å²) in [5.74, 6) is -5.81. The smallest absolute Gasteiger partial charge is 0.330 e. The Morgan fingerprint density at radius 3 is 2.02 bits per heavy atom. The number of methoxy groups -OCH3 is 2. The van der Waals surface area contributed by atoms with Gasteiger partial charge in [-0.1, -0.05) is 111 Å². The van der Waals surface area contributed by atoms with E-state index in [4.69, 9.17) is 18.9 Å². The largest absolute Gasteiger partial charge is 0.493 e. The Labute approximate surface area is 591 Å². The Balaban J connectivity index is 1.08. The van der Waals surface area contributed by atoms with Crippen LogP contribution < -0.4 is 30.7 Å². The zero-order valence-electron chi connectivity index (χ0n) is 59.2. The van der Waals surface area contributed by atoms with Crippen molar-refractivity contribution in [2.45, 2.75) is 160 Å². The number of carbonyl (C=O) groups is 11. The Morgan fingerprint density at radius 1 is 0.653 bits per heavy atom. The minimum absolute atomic E-state index is 0.0169. The van der Waals surface area contributed by atoms with Gasteiger partial charge >= 0.3 is 11.9 Å². The summed E-state index contributed by atoms with van der Waals surface area (Å²) in [5, 5.41) is 11.5. The normalized spacial score (nSPS) is 21.8. The van der Waals surface area contributed by atoms with Gasteiger partial charge in [0.05, 0.1) is 19.6 Å². The fourth-order valence-corrected chi connectivity index (χ4v) is 12.8. The number of fused-ring (bicyclic) bond motifs is 4. The van der Waals surface area contributed by atoms with Crippen molar-refractivity contribution in [1.29, 1.82) is 0 Å². The van der Waals surface area contributed by atoms with E-state index in [9.17, 15) is 43.2 Å². The number of likely N-dealkylation sites (N-methyl/N-ethyl adjacent to an activating group) is 2. The molecule has 8 rings (SSSR count). The third-order valence-corrected chi connectivity index (χ3v) is 18.6. The molecule has 23 heteroatoms. The lowest BCUT2D eigenvalue weighted by Gasteiger charge is -2.36. The van der Waals surface area contributed by atoms with Gasteiger partial charge in [0.15, 0.2) is 11.5 Å². The zero-order valence-corrected chi connectivity index (χ0v) is 59.2. The number of hydrogen-bond acceptors (Lipinski definition) is 15. The number of amides is 8. The second-order valence-electron chi connectivity index (χ2n) is 27.1. The predicted octanol–water partition coefficient (Wildman–Crippen LogP) is 8.74. The number of hydrogen-bond donors (Lipinski definition) is 4. The summed E-state index contributed by atoms with van der Waals surface area (Å²) in [6, 6.07) is 30.8. The van der Waals surface area contributed by atoms with Gasteiger partial charge in [0.25, 0.3) is 11.8 Å². The van der Waals surface area contributed by atoms with E-state index in [1.165, 1.54) is 48.8 Å². The minimum Gasteiger partial charge on any atom is -0.493 e. The number of piperidine rings is 1. The van der Waals surface area contributed by atoms with E-state index in [1.54, 1.807) is 134 Å². The average molecular weight is 1390 g/mol. The summed E-state index contributed by atoms with van der Waals surface area (Å²) in [6.07, 6.45) is 5.60. The maximum atomic E-state index is 15.3. The Hall–Kier alpha value is -10.2. The van der Waals surface area contributed by atoms with Crippen LogP contribution in [0.25, 0.3) is 0 Å². The molecule has 0 radical (unpaired) electrons. The summed E-state index contributed by atoms with van der Waals surface area (Å²) < 4.78 is 22.9. The Morgan fingerprint density at radius 2 is 1.31 bits per heavy atom. The zero-order chi connectivity index (χ0) is 72.8. The molecule has 0 spiro atoms. The lowest BCUT2D eigenvalue weighted by Crippen LogP contribution is -2.58. The van der Waals surface area contributed by atoms with Crippen LogP contribution in [-0.2, 0) is 76.8 Å². The van der Waals surface area contributed by atoms with E-state index in [2.05, 4.69) is 21.3 Å². The van der Waals surface area contributed by atoms with Gasteiger partial charge in [0.1, 0.15) is 42.9 Å². The van der Waals surface area contributed by atoms with E-state index in [0.717, 1.165) is 11.1 Å². The van der Waals surface area contributed by atoms with Gasteiger partial charge in [-0.3, -0.25) is 43.2 Å². The number of allylic oxidation sites excluding steroid dienone is 1. The molecule has 8 amide bonds. The first-order chi connectivity index (χ1) is 48.4. The van der Waals surface area contributed by atoms with Gasteiger partial charge in [-0.15, -0.1) is 0 Å². The third-order valence-electron chi connectivity index (χ3n) is 18.6. The van der Waals surface area contributed by atoms with Crippen molar-refractivity contribution in [2.75, 3.05) is 59.9 Å². The molecule has 0 saturated carbocycles. The number of ketones is 1. The Kier molecular flexibility index (Phi) is 27.9. The standard InChI is InChI=1S/C78H96N8O15/c1-51(2)45-62-74(94)83(5)42-19-10-9-17-31-68(89)100-50-78(3,4)70(90)76(96)86-43-20-18-29-61(86)77(97)101-63(38-36-53-37-39-64(98-7)65(47-53)99-8)57-27-21-28-58(48-57)80-66(87)40-41-67(88)82-69(55-23-13-11-14-24-55)72(92)81-59(73(93)85-44-22-30-60(85)75(95)84(62)6)46-52-32-34-54(35-33-52)49-79-71(91)56-25-15-12-16-26-56/h11-17,21,23-28,31-35,37,39,47-48,51,59-63,69H,9-10,18-20,22,29-30,36,38,40-46,49-50H2,1-8H3,(H,79,91)(H,80,87)(H,81,92)(H,82,88)/t59-,60+,61-,62-,63+,69-/m0/s1. The summed E-state index contributed by atoms with van der Waals surface area (Å²) in [5.41, 5.74) is 2.40. The molecule has 23 nitrogen and oxygen atoms in total. The highest BCUT2D eigenvalue weighted by molar-refractivity contribution is 6.38. The second-order valence-corrected chi connectivity index (χ2v) is 27.1. The molecule has 6 atom stereocenters. The number of esters is 2. The van der Waals surface area contributed by atoms with Crippen LogP contribution >= 0.6 is 0 Å². The predicted molar refractivity (Wildman–Crippen MR) is 378 cm³/mol. The highest BCUT2D eigenvalue weighted by Crippen LogP contribution is 2.34. The lowest BCUT2D eigenvalue weighted by atomic mass is 9.87. The number of aryl methyl sites for hydroxylation is 1. The molecule has 0 unspecified atom stereocenters. The highest BCUT2D eigenvalue weighted by atomic mass is 16.5. The summed E-state index contributed by atoms with van der Waals surface area (Å²) in [6.45, 7) is 7.25. The molecule has 0 aliphatic carbocycles. The molecular formula is C78H96N8O15. The summed E-state index contributed by atoms with van der Waals surface area (Å²) in [7, 11) is 6.28. The molecule has 3 aliphatic heterocycles. The molecule has 101 heavy (non-hydrogen) atoms. The number of carbonyl (C=O) groups excluding carboxylic acids is 11. The van der Waals surface area contributed by atoms with Crippen molar-refractivity contribution >= 4 is 70.7 Å². The lowest BCUT2D eigenvalue weighted by molar-refractivity contribution is -0.165. The number of rotatable bonds is 13. The van der Waals surface area contributed by atoms with Gasteiger partial charge in [-0.2, -0.15) is 0 Å². The van der Waals surface area contributed by atoms with Crippen LogP contribution in [0.5, 0.6) is 11.5 Å². The van der Waals surface area contributed by atoms with Crippen molar-refractivity contribution in [3.05, 3.63) is 173 Å². The van der Waals surface area contributed by atoms with E-state index in [-0.39, 0.29) is 75.9 Å². The van der Waals surface area contributed by atoms with E-state index in [0.29, 0.717) is 97.4 Å². The number of benzene rings is 5. The summed E-state index contributed by atoms with van der Waals surface area (Å²) >= 11 is 0. The van der Waals surface area contributed by atoms with Gasteiger partial charge in [-0.25, -0.2) is 9.59 Å². The van der Waals surface area contributed by atoms with Crippen LogP contribution in [0.15, 0.2) is 140 Å². The SMILES string of the molecule is COc1ccc(CC[C@H]2OC(=O)[C@@H]3CCCCN3C(=O)C(=O)C(C)(C)COC(=O)C=CCCCCN(C)C(=O)[C@H](CC(C)C)N(C)C(=O)[C@H]3CCCN3C(=O)[C@H](Cc3ccc(CNC(=O)c4ccccc4)cc3)NC(=O)[C@H](c3ccccc3)NC(=O)CCC(=O)Nc3cccc2c3)cc1OC. The molecular weight excluding hydrogens is 1290 g/mol. The first-order valence-electron chi connectivity index (χ1n) is 34.8. The van der Waals surface area contributed by atoms with Crippen LogP contribution in [0.4, 0.5) is 5.69 Å². The van der Waals surface area contributed by atoms with Gasteiger partial charge in [-0.05, 0) is 155 Å². The fourth-order valence-electron chi connectivity index (χ4n) is 12.8. The fraction of sp³-hybridized carbons (Fsp3) is 0.449. The molecule has 3 aliphatic rings. The summed E-state index contributed by atoms with van der Waals surface area (Å²) in [4.78, 5) is 162. The van der Waals surface area contributed by atoms with Crippen molar-refractivity contribution < 1.29 is 71.7 Å². The van der Waals surface area contributed by atoms with Gasteiger partial charge in [0, 0.05) is 76.9 Å². The average Bonchev–Trinajstić information content (AvgIpc) is 1.81. The third kappa shape index (κ3) is 21.4. The molecule has 3 heterocycles. The van der Waals surface area contributed by atoms with E-state index >= 15 is 9.59 Å². The first kappa shape index (κ1) is 76.6. The monoisotopic (exact) mass is 1380 g/mol. The minimum atomic E-state index is -1.49.